The van der Waals surface area contributed by atoms with E-state index in [-0.39, 0.29) is 24.3 Å². The lowest BCUT2D eigenvalue weighted by Gasteiger charge is -2.26. The van der Waals surface area contributed by atoms with Crippen LogP contribution in [0, 0.1) is 5.92 Å². The van der Waals surface area contributed by atoms with Crippen molar-refractivity contribution >= 4 is 17.5 Å². The molecule has 1 aliphatic heterocycles. The maximum Gasteiger partial charge on any atom is 0.258 e. The van der Waals surface area contributed by atoms with Gasteiger partial charge in [0.2, 0.25) is 5.91 Å². The predicted octanol–water partition coefficient (Wildman–Crippen LogP) is 2.56. The number of morpholine rings is 1. The van der Waals surface area contributed by atoms with Gasteiger partial charge in [-0.2, -0.15) is 0 Å². The minimum atomic E-state index is -0.189. The van der Waals surface area contributed by atoms with E-state index in [1.807, 2.05) is 18.2 Å². The quantitative estimate of drug-likeness (QED) is 0.648. The standard InChI is InChI=1S/C24H29N3O4/c28-23(17-31-22-6-2-5-21(14-22)26-24(29)20-7-8-20)25-15-18-3-1-4-19(13-18)16-27-9-11-30-12-10-27/h1-6,13-14,20H,7-12,15-17H2,(H,25,28)(H,26,29). The minimum Gasteiger partial charge on any atom is -0.484 e. The third kappa shape index (κ3) is 6.80. The van der Waals surface area contributed by atoms with Gasteiger partial charge in [-0.1, -0.05) is 30.3 Å². The van der Waals surface area contributed by atoms with Crippen LogP contribution in [0.3, 0.4) is 0 Å². The fourth-order valence-electron chi connectivity index (χ4n) is 3.51. The molecule has 0 spiro atoms. The smallest absolute Gasteiger partial charge is 0.258 e. The second kappa shape index (κ2) is 10.4. The number of carbonyl (C=O) groups excluding carboxylic acids is 2. The molecule has 2 amide bonds. The molecule has 7 nitrogen and oxygen atoms in total. The Morgan fingerprint density at radius 2 is 1.81 bits per heavy atom. The van der Waals surface area contributed by atoms with Crippen LogP contribution in [0.25, 0.3) is 0 Å². The summed E-state index contributed by atoms with van der Waals surface area (Å²) in [5, 5.41) is 5.79. The molecule has 2 aromatic carbocycles. The molecule has 0 atom stereocenters. The van der Waals surface area contributed by atoms with Crippen LogP contribution in [0.15, 0.2) is 48.5 Å². The SMILES string of the molecule is O=C(COc1cccc(NC(=O)C2CC2)c1)NCc1cccc(CN2CCOCC2)c1. The van der Waals surface area contributed by atoms with Crippen LogP contribution in [0.2, 0.25) is 0 Å². The van der Waals surface area contributed by atoms with E-state index >= 15 is 0 Å². The molecular formula is C24H29N3O4. The van der Waals surface area contributed by atoms with Crippen molar-refractivity contribution in [2.24, 2.45) is 5.92 Å². The van der Waals surface area contributed by atoms with Crippen LogP contribution in [-0.4, -0.2) is 49.6 Å². The molecule has 1 aliphatic carbocycles. The van der Waals surface area contributed by atoms with Crippen molar-refractivity contribution in [3.63, 3.8) is 0 Å². The van der Waals surface area contributed by atoms with Crippen molar-refractivity contribution in [3.05, 3.63) is 59.7 Å². The highest BCUT2D eigenvalue weighted by molar-refractivity contribution is 5.94. The van der Waals surface area contributed by atoms with E-state index in [9.17, 15) is 9.59 Å². The summed E-state index contributed by atoms with van der Waals surface area (Å²) in [5.74, 6) is 0.552. The van der Waals surface area contributed by atoms with Gasteiger partial charge >= 0.3 is 0 Å². The Morgan fingerprint density at radius 1 is 1.03 bits per heavy atom. The lowest BCUT2D eigenvalue weighted by atomic mass is 10.1. The molecule has 1 saturated carbocycles. The molecule has 0 unspecified atom stereocenters. The lowest BCUT2D eigenvalue weighted by Crippen LogP contribution is -2.35. The van der Waals surface area contributed by atoms with E-state index in [4.69, 9.17) is 9.47 Å². The van der Waals surface area contributed by atoms with Crippen molar-refractivity contribution in [1.29, 1.82) is 0 Å². The molecule has 2 aromatic rings. The number of nitrogens with zero attached hydrogens (tertiary/aromatic N) is 1. The summed E-state index contributed by atoms with van der Waals surface area (Å²) < 4.78 is 11.0. The van der Waals surface area contributed by atoms with Crippen molar-refractivity contribution in [1.82, 2.24) is 10.2 Å². The van der Waals surface area contributed by atoms with E-state index in [0.29, 0.717) is 18.0 Å². The molecule has 4 rings (SSSR count). The normalized spacial score (nSPS) is 16.5. The van der Waals surface area contributed by atoms with E-state index in [2.05, 4.69) is 27.7 Å². The highest BCUT2D eigenvalue weighted by Gasteiger charge is 2.29. The molecular weight excluding hydrogens is 394 g/mol. The fraction of sp³-hybridized carbons (Fsp3) is 0.417. The van der Waals surface area contributed by atoms with Crippen LogP contribution in [0.1, 0.15) is 24.0 Å². The van der Waals surface area contributed by atoms with Gasteiger partial charge in [-0.25, -0.2) is 0 Å². The monoisotopic (exact) mass is 423 g/mol. The fourth-order valence-corrected chi connectivity index (χ4v) is 3.51. The third-order valence-electron chi connectivity index (χ3n) is 5.41. The first-order chi connectivity index (χ1) is 15.2. The summed E-state index contributed by atoms with van der Waals surface area (Å²) in [4.78, 5) is 26.5. The number of anilines is 1. The molecule has 31 heavy (non-hydrogen) atoms. The third-order valence-corrected chi connectivity index (χ3v) is 5.41. The molecule has 1 heterocycles. The Labute approximate surface area is 182 Å². The Bertz CT molecular complexity index is 907. The maximum absolute atomic E-state index is 12.2. The predicted molar refractivity (Wildman–Crippen MR) is 118 cm³/mol. The minimum absolute atomic E-state index is 0.0470. The Kier molecular flexibility index (Phi) is 7.17. The molecule has 164 valence electrons. The van der Waals surface area contributed by atoms with Crippen molar-refractivity contribution in [3.8, 4) is 5.75 Å². The largest absolute Gasteiger partial charge is 0.484 e. The topological polar surface area (TPSA) is 79.9 Å². The van der Waals surface area contributed by atoms with Gasteiger partial charge in [0.05, 0.1) is 13.2 Å². The summed E-state index contributed by atoms with van der Waals surface area (Å²) >= 11 is 0. The molecule has 0 bridgehead atoms. The van der Waals surface area contributed by atoms with Gasteiger partial charge in [0.1, 0.15) is 5.75 Å². The van der Waals surface area contributed by atoms with E-state index in [1.165, 1.54) is 5.56 Å². The Hall–Kier alpha value is -2.90. The molecule has 0 aromatic heterocycles. The first kappa shape index (κ1) is 21.3. The van der Waals surface area contributed by atoms with Crippen LogP contribution in [0.4, 0.5) is 5.69 Å². The molecule has 0 radical (unpaired) electrons. The highest BCUT2D eigenvalue weighted by Crippen LogP contribution is 2.30. The lowest BCUT2D eigenvalue weighted by molar-refractivity contribution is -0.123. The van der Waals surface area contributed by atoms with E-state index in [0.717, 1.165) is 51.3 Å². The summed E-state index contributed by atoms with van der Waals surface area (Å²) in [6.45, 7) is 4.73. The highest BCUT2D eigenvalue weighted by atomic mass is 16.5. The summed E-state index contributed by atoms with van der Waals surface area (Å²) in [6, 6.07) is 15.4. The number of carbonyl (C=O) groups is 2. The number of hydrogen-bond acceptors (Lipinski definition) is 5. The Morgan fingerprint density at radius 3 is 2.61 bits per heavy atom. The van der Waals surface area contributed by atoms with E-state index in [1.54, 1.807) is 18.2 Å². The van der Waals surface area contributed by atoms with Crippen LogP contribution in [0.5, 0.6) is 5.75 Å². The van der Waals surface area contributed by atoms with Gasteiger partial charge in [0, 0.05) is 43.9 Å². The zero-order valence-corrected chi connectivity index (χ0v) is 17.6. The van der Waals surface area contributed by atoms with Crippen molar-refractivity contribution in [2.75, 3.05) is 38.2 Å². The molecule has 2 aliphatic rings. The van der Waals surface area contributed by atoms with Gasteiger partial charge in [-0.05, 0) is 36.1 Å². The second-order valence-corrected chi connectivity index (χ2v) is 8.07. The van der Waals surface area contributed by atoms with Gasteiger partial charge < -0.3 is 20.1 Å². The van der Waals surface area contributed by atoms with Crippen LogP contribution >= 0.6 is 0 Å². The maximum atomic E-state index is 12.2. The second-order valence-electron chi connectivity index (χ2n) is 8.07. The zero-order chi connectivity index (χ0) is 21.5. The van der Waals surface area contributed by atoms with Gasteiger partial charge in [-0.15, -0.1) is 0 Å². The van der Waals surface area contributed by atoms with Crippen molar-refractivity contribution < 1.29 is 19.1 Å². The number of amides is 2. The van der Waals surface area contributed by atoms with Crippen molar-refractivity contribution in [2.45, 2.75) is 25.9 Å². The van der Waals surface area contributed by atoms with Crippen LogP contribution < -0.4 is 15.4 Å². The van der Waals surface area contributed by atoms with Gasteiger partial charge in [-0.3, -0.25) is 14.5 Å². The number of ether oxygens (including phenoxy) is 2. The summed E-state index contributed by atoms with van der Waals surface area (Å²) in [5.41, 5.74) is 2.98. The number of nitrogens with one attached hydrogen (secondary N) is 2. The summed E-state index contributed by atoms with van der Waals surface area (Å²) in [7, 11) is 0. The zero-order valence-electron chi connectivity index (χ0n) is 17.6. The first-order valence-electron chi connectivity index (χ1n) is 10.8. The molecule has 2 fully saturated rings. The van der Waals surface area contributed by atoms with E-state index < -0.39 is 0 Å². The number of rotatable bonds is 9. The average Bonchev–Trinajstić information content (AvgIpc) is 3.63. The first-order valence-corrected chi connectivity index (χ1v) is 10.8. The molecule has 1 saturated heterocycles. The number of benzene rings is 2. The summed E-state index contributed by atoms with van der Waals surface area (Å²) in [6.07, 6.45) is 1.91. The number of hydrogen-bond donors (Lipinski definition) is 2. The average molecular weight is 424 g/mol. The molecule has 2 N–H and O–H groups in total. The molecule has 7 heteroatoms. The Balaban J connectivity index is 1.21. The van der Waals surface area contributed by atoms with Crippen LogP contribution in [-0.2, 0) is 27.4 Å². The van der Waals surface area contributed by atoms with Gasteiger partial charge in [0.25, 0.3) is 5.91 Å². The van der Waals surface area contributed by atoms with Gasteiger partial charge in [0.15, 0.2) is 6.61 Å².